The van der Waals surface area contributed by atoms with Gasteiger partial charge in [0, 0.05) is 28.8 Å². The van der Waals surface area contributed by atoms with Gasteiger partial charge in [-0.2, -0.15) is 0 Å². The highest BCUT2D eigenvalue weighted by molar-refractivity contribution is 8.00. The number of nitrogens with one attached hydrogen (secondary N) is 1. The summed E-state index contributed by atoms with van der Waals surface area (Å²) in [6, 6.07) is 8.54. The van der Waals surface area contributed by atoms with E-state index in [2.05, 4.69) is 45.8 Å². The van der Waals surface area contributed by atoms with Crippen LogP contribution in [0, 0.1) is 0 Å². The fraction of sp³-hybridized carbons (Fsp3) is 0.348. The van der Waals surface area contributed by atoms with E-state index in [1.165, 1.54) is 6.33 Å². The quantitative estimate of drug-likeness (QED) is 0.346. The van der Waals surface area contributed by atoms with Crippen molar-refractivity contribution < 1.29 is 9.15 Å². The van der Waals surface area contributed by atoms with E-state index in [-0.39, 0.29) is 0 Å². The van der Waals surface area contributed by atoms with Crippen LogP contribution < -0.4 is 15.8 Å². The summed E-state index contributed by atoms with van der Waals surface area (Å²) in [7, 11) is 0. The maximum absolute atomic E-state index is 6.14. The number of rotatable bonds is 8. The molecule has 3 N–H and O–H groups in total. The van der Waals surface area contributed by atoms with E-state index in [4.69, 9.17) is 19.9 Å². The van der Waals surface area contributed by atoms with Crippen molar-refractivity contribution in [2.24, 2.45) is 0 Å². The number of aromatic nitrogens is 4. The SMILES string of the molecule is CC(C)NCCCn1c(Sc2cc3c(cc2-c2ccco2)OCCS3)nc2c(N)ncnc21. The van der Waals surface area contributed by atoms with Crippen LogP contribution in [0.5, 0.6) is 5.75 Å². The molecule has 1 aromatic carbocycles. The highest BCUT2D eigenvalue weighted by Gasteiger charge is 2.22. The van der Waals surface area contributed by atoms with E-state index in [0.29, 0.717) is 24.0 Å². The summed E-state index contributed by atoms with van der Waals surface area (Å²) in [5, 5.41) is 4.30. The van der Waals surface area contributed by atoms with Crippen LogP contribution in [0.15, 0.2) is 56.2 Å². The zero-order valence-electron chi connectivity index (χ0n) is 18.6. The van der Waals surface area contributed by atoms with Gasteiger partial charge in [-0.25, -0.2) is 15.0 Å². The second kappa shape index (κ2) is 9.66. The van der Waals surface area contributed by atoms with Crippen molar-refractivity contribution in [1.82, 2.24) is 24.8 Å². The number of ether oxygens (including phenoxy) is 1. The van der Waals surface area contributed by atoms with Crippen LogP contribution in [0.4, 0.5) is 5.82 Å². The van der Waals surface area contributed by atoms with Gasteiger partial charge >= 0.3 is 0 Å². The van der Waals surface area contributed by atoms with Crippen molar-refractivity contribution in [1.29, 1.82) is 0 Å². The molecule has 0 unspecified atom stereocenters. The molecule has 172 valence electrons. The van der Waals surface area contributed by atoms with Crippen LogP contribution in [0.25, 0.3) is 22.5 Å². The molecule has 10 heteroatoms. The minimum atomic E-state index is 0.390. The van der Waals surface area contributed by atoms with Crippen LogP contribution in [0.1, 0.15) is 20.3 Å². The Bertz CT molecular complexity index is 1260. The second-order valence-electron chi connectivity index (χ2n) is 8.01. The maximum atomic E-state index is 6.14. The fourth-order valence-corrected chi connectivity index (χ4v) is 5.71. The number of furan rings is 1. The number of imidazole rings is 1. The summed E-state index contributed by atoms with van der Waals surface area (Å²) < 4.78 is 13.8. The lowest BCUT2D eigenvalue weighted by Gasteiger charge is -2.19. The molecule has 0 saturated heterocycles. The van der Waals surface area contributed by atoms with Crippen LogP contribution in [-0.2, 0) is 6.54 Å². The summed E-state index contributed by atoms with van der Waals surface area (Å²) in [5.74, 6) is 3.01. The standard InChI is InChI=1S/C23H26N6O2S2/c1-14(2)25-6-4-7-29-22-20(21(24)26-13-27-22)28-23(29)33-18-12-19-17(31-9-10-32-19)11-15(18)16-5-3-8-30-16/h3,5,8,11-14,25H,4,6-7,9-10H2,1-2H3,(H2,24,26,27). The minimum absolute atomic E-state index is 0.390. The Kier molecular flexibility index (Phi) is 6.48. The van der Waals surface area contributed by atoms with Crippen LogP contribution in [0.2, 0.25) is 0 Å². The molecular weight excluding hydrogens is 456 g/mol. The number of hydrogen-bond acceptors (Lipinski definition) is 9. The Balaban J connectivity index is 1.55. The predicted octanol–water partition coefficient (Wildman–Crippen LogP) is 4.69. The number of nitrogens with zero attached hydrogens (tertiary/aromatic N) is 4. The predicted molar refractivity (Wildman–Crippen MR) is 132 cm³/mol. The van der Waals surface area contributed by atoms with Crippen molar-refractivity contribution in [2.45, 2.75) is 47.8 Å². The second-order valence-corrected chi connectivity index (χ2v) is 10.2. The van der Waals surface area contributed by atoms with Crippen LogP contribution in [-0.4, -0.2) is 44.5 Å². The van der Waals surface area contributed by atoms with Gasteiger partial charge in [0.15, 0.2) is 22.1 Å². The topological polar surface area (TPSA) is 104 Å². The summed E-state index contributed by atoms with van der Waals surface area (Å²) >= 11 is 3.39. The van der Waals surface area contributed by atoms with Crippen molar-refractivity contribution >= 4 is 40.5 Å². The molecule has 1 aliphatic heterocycles. The lowest BCUT2D eigenvalue weighted by molar-refractivity contribution is 0.329. The highest BCUT2D eigenvalue weighted by Crippen LogP contribution is 2.44. The van der Waals surface area contributed by atoms with Crippen LogP contribution in [0.3, 0.4) is 0 Å². The third kappa shape index (κ3) is 4.68. The first-order valence-electron chi connectivity index (χ1n) is 11.0. The van der Waals surface area contributed by atoms with Crippen molar-refractivity contribution in [3.8, 4) is 17.1 Å². The average Bonchev–Trinajstić information content (AvgIpc) is 3.45. The van der Waals surface area contributed by atoms with Gasteiger partial charge < -0.3 is 24.8 Å². The number of nitrogens with two attached hydrogens (primary N) is 1. The van der Waals surface area contributed by atoms with E-state index < -0.39 is 0 Å². The third-order valence-electron chi connectivity index (χ3n) is 5.27. The van der Waals surface area contributed by atoms with E-state index >= 15 is 0 Å². The number of hydrogen-bond donors (Lipinski definition) is 2. The normalized spacial score (nSPS) is 13.4. The molecule has 0 fully saturated rings. The Morgan fingerprint density at radius 3 is 3.03 bits per heavy atom. The lowest BCUT2D eigenvalue weighted by Crippen LogP contribution is -2.24. The summed E-state index contributed by atoms with van der Waals surface area (Å²) in [6.45, 7) is 6.69. The number of nitrogen functional groups attached to an aromatic ring is 1. The summed E-state index contributed by atoms with van der Waals surface area (Å²) in [4.78, 5) is 15.6. The van der Waals surface area contributed by atoms with E-state index in [9.17, 15) is 0 Å². The van der Waals surface area contributed by atoms with Gasteiger partial charge in [-0.3, -0.25) is 0 Å². The Morgan fingerprint density at radius 1 is 1.30 bits per heavy atom. The van der Waals surface area contributed by atoms with Crippen molar-refractivity contribution in [2.75, 3.05) is 24.6 Å². The zero-order chi connectivity index (χ0) is 22.8. The number of fused-ring (bicyclic) bond motifs is 2. The first kappa shape index (κ1) is 22.1. The van der Waals surface area contributed by atoms with Crippen molar-refractivity contribution in [3.05, 3.63) is 36.9 Å². The van der Waals surface area contributed by atoms with Gasteiger partial charge in [-0.05, 0) is 37.2 Å². The molecule has 3 aromatic heterocycles. The third-order valence-corrected chi connectivity index (χ3v) is 7.32. The van der Waals surface area contributed by atoms with Gasteiger partial charge in [-0.1, -0.05) is 25.6 Å². The Morgan fingerprint density at radius 2 is 2.21 bits per heavy atom. The van der Waals surface area contributed by atoms with Crippen LogP contribution >= 0.6 is 23.5 Å². The van der Waals surface area contributed by atoms with Crippen molar-refractivity contribution in [3.63, 3.8) is 0 Å². The van der Waals surface area contributed by atoms with E-state index in [1.807, 2.05) is 12.1 Å². The first-order valence-corrected chi connectivity index (χ1v) is 12.8. The van der Waals surface area contributed by atoms with Gasteiger partial charge in [0.1, 0.15) is 17.8 Å². The number of thioether (sulfide) groups is 1. The number of benzene rings is 1. The smallest absolute Gasteiger partial charge is 0.175 e. The van der Waals surface area contributed by atoms with Gasteiger partial charge in [0.2, 0.25) is 0 Å². The van der Waals surface area contributed by atoms with E-state index in [0.717, 1.165) is 62.9 Å². The lowest BCUT2D eigenvalue weighted by atomic mass is 10.1. The molecule has 8 nitrogen and oxygen atoms in total. The molecule has 33 heavy (non-hydrogen) atoms. The minimum Gasteiger partial charge on any atom is -0.492 e. The molecule has 1 aliphatic rings. The zero-order valence-corrected chi connectivity index (χ0v) is 20.2. The largest absolute Gasteiger partial charge is 0.492 e. The monoisotopic (exact) mass is 482 g/mol. The molecule has 5 rings (SSSR count). The molecular formula is C23H26N6O2S2. The molecule has 0 aliphatic carbocycles. The summed E-state index contributed by atoms with van der Waals surface area (Å²) in [6.07, 6.45) is 4.13. The maximum Gasteiger partial charge on any atom is 0.175 e. The molecule has 0 spiro atoms. The first-order chi connectivity index (χ1) is 16.1. The van der Waals surface area contributed by atoms with Gasteiger partial charge in [0.25, 0.3) is 0 Å². The number of anilines is 1. The van der Waals surface area contributed by atoms with E-state index in [1.54, 1.807) is 29.8 Å². The molecule has 0 radical (unpaired) electrons. The highest BCUT2D eigenvalue weighted by atomic mass is 32.2. The molecule has 0 bridgehead atoms. The molecule has 0 saturated carbocycles. The molecule has 4 aromatic rings. The summed E-state index contributed by atoms with van der Waals surface area (Å²) in [5.41, 5.74) is 8.50. The fourth-order valence-electron chi connectivity index (χ4n) is 3.72. The Labute approximate surface area is 200 Å². The molecule has 0 atom stereocenters. The number of aryl methyl sites for hydroxylation is 1. The molecule has 4 heterocycles. The van der Waals surface area contributed by atoms with Gasteiger partial charge in [-0.15, -0.1) is 11.8 Å². The van der Waals surface area contributed by atoms with Gasteiger partial charge in [0.05, 0.1) is 17.8 Å². The average molecular weight is 483 g/mol. The Hall–Kier alpha value is -2.69. The molecule has 0 amide bonds.